The first-order chi connectivity index (χ1) is 5.16. The van der Waals surface area contributed by atoms with Crippen LogP contribution in [0.1, 0.15) is 0 Å². The van der Waals surface area contributed by atoms with Gasteiger partial charge in [-0.1, -0.05) is 0 Å². The summed E-state index contributed by atoms with van der Waals surface area (Å²) >= 11 is 0. The lowest BCUT2D eigenvalue weighted by Crippen LogP contribution is -2.34. The lowest BCUT2D eigenvalue weighted by atomic mass is 9.93. The molecule has 4 atom stereocenters. The predicted octanol–water partition coefficient (Wildman–Crippen LogP) is -1.75. The first kappa shape index (κ1) is 9.00. The van der Waals surface area contributed by atoms with Crippen molar-refractivity contribution >= 4 is 7.85 Å². The molecule has 0 amide bonds. The Morgan fingerprint density at radius 2 is 2.09 bits per heavy atom. The Morgan fingerprint density at radius 3 is 2.45 bits per heavy atom. The average molecular weight is 158 g/mol. The number of rotatable bonds is 2. The molecule has 0 saturated carbocycles. The van der Waals surface area contributed by atoms with E-state index in [1.165, 1.54) is 7.11 Å². The Labute approximate surface area is 66.5 Å². The molecule has 1 unspecified atom stereocenters. The second-order valence-corrected chi connectivity index (χ2v) is 2.58. The second kappa shape index (κ2) is 3.54. The summed E-state index contributed by atoms with van der Waals surface area (Å²) in [6.45, 7) is 0.242. The molecule has 1 aliphatic rings. The topological polar surface area (TPSA) is 58.9 Å². The minimum absolute atomic E-state index is 0.242. The first-order valence-electron chi connectivity index (χ1n) is 3.43. The van der Waals surface area contributed by atoms with E-state index < -0.39 is 24.3 Å². The normalized spacial score (nSPS) is 44.6. The number of aliphatic hydroxyl groups excluding tert-OH is 2. The summed E-state index contributed by atoms with van der Waals surface area (Å²) in [5, 5.41) is 18.3. The van der Waals surface area contributed by atoms with E-state index in [0.717, 1.165) is 0 Å². The van der Waals surface area contributed by atoms with Crippen molar-refractivity contribution in [3.63, 3.8) is 0 Å². The smallest absolute Gasteiger partial charge is 0.112 e. The van der Waals surface area contributed by atoms with Gasteiger partial charge >= 0.3 is 0 Å². The third-order valence-corrected chi connectivity index (χ3v) is 1.73. The van der Waals surface area contributed by atoms with Gasteiger partial charge in [0.1, 0.15) is 20.1 Å². The lowest BCUT2D eigenvalue weighted by Gasteiger charge is -2.12. The van der Waals surface area contributed by atoms with Crippen LogP contribution in [0.4, 0.5) is 0 Å². The maximum atomic E-state index is 9.22. The average Bonchev–Trinajstić information content (AvgIpc) is 2.19. The van der Waals surface area contributed by atoms with Crippen LogP contribution >= 0.6 is 0 Å². The van der Waals surface area contributed by atoms with Gasteiger partial charge in [-0.25, -0.2) is 0 Å². The number of methoxy groups -OCH3 is 1. The largest absolute Gasteiger partial charge is 0.388 e. The zero-order valence-electron chi connectivity index (χ0n) is 6.30. The fraction of sp³-hybridized carbons (Fsp3) is 1.00. The van der Waals surface area contributed by atoms with Gasteiger partial charge in [-0.05, 0) is 0 Å². The van der Waals surface area contributed by atoms with Crippen molar-refractivity contribution < 1.29 is 19.7 Å². The molecule has 1 aliphatic heterocycles. The maximum Gasteiger partial charge on any atom is 0.112 e. The highest BCUT2D eigenvalue weighted by atomic mass is 16.6. The molecule has 0 aliphatic carbocycles. The van der Waals surface area contributed by atoms with Gasteiger partial charge in [0, 0.05) is 13.1 Å². The highest BCUT2D eigenvalue weighted by Gasteiger charge is 2.39. The summed E-state index contributed by atoms with van der Waals surface area (Å²) in [6, 6.07) is -0.801. The van der Waals surface area contributed by atoms with Gasteiger partial charge in [0.15, 0.2) is 0 Å². The van der Waals surface area contributed by atoms with Crippen LogP contribution in [0.3, 0.4) is 0 Å². The third-order valence-electron chi connectivity index (χ3n) is 1.73. The van der Waals surface area contributed by atoms with Crippen LogP contribution in [0.15, 0.2) is 0 Å². The van der Waals surface area contributed by atoms with Gasteiger partial charge in [0.2, 0.25) is 0 Å². The van der Waals surface area contributed by atoms with Crippen molar-refractivity contribution in [2.75, 3.05) is 13.7 Å². The van der Waals surface area contributed by atoms with Crippen LogP contribution in [-0.4, -0.2) is 56.1 Å². The number of ether oxygens (including phenoxy) is 2. The van der Waals surface area contributed by atoms with Gasteiger partial charge < -0.3 is 19.7 Å². The molecule has 1 saturated heterocycles. The van der Waals surface area contributed by atoms with Crippen LogP contribution in [0.5, 0.6) is 0 Å². The molecular formula is C6H11BO4. The number of hydrogen-bond donors (Lipinski definition) is 2. The SMILES string of the molecule is [B][C@@H]1O[C@H](COC)[C@H](O)C1O. The minimum Gasteiger partial charge on any atom is -0.388 e. The van der Waals surface area contributed by atoms with Crippen LogP contribution in [0.2, 0.25) is 0 Å². The Kier molecular flexibility index (Phi) is 2.89. The molecule has 2 radical (unpaired) electrons. The van der Waals surface area contributed by atoms with Crippen LogP contribution in [0, 0.1) is 0 Å². The molecule has 5 heteroatoms. The zero-order valence-corrected chi connectivity index (χ0v) is 6.30. The van der Waals surface area contributed by atoms with Crippen LogP contribution in [-0.2, 0) is 9.47 Å². The van der Waals surface area contributed by atoms with Gasteiger partial charge in [-0.3, -0.25) is 0 Å². The summed E-state index contributed by atoms with van der Waals surface area (Å²) in [5.74, 6) is 0. The maximum absolute atomic E-state index is 9.22. The van der Waals surface area contributed by atoms with Crippen LogP contribution in [0.25, 0.3) is 0 Å². The molecule has 0 aromatic rings. The number of hydrogen-bond acceptors (Lipinski definition) is 4. The van der Waals surface area contributed by atoms with Gasteiger partial charge in [0.25, 0.3) is 0 Å². The Morgan fingerprint density at radius 1 is 1.45 bits per heavy atom. The fourth-order valence-corrected chi connectivity index (χ4v) is 1.08. The van der Waals surface area contributed by atoms with E-state index in [1.54, 1.807) is 0 Å². The van der Waals surface area contributed by atoms with Crippen molar-refractivity contribution in [2.24, 2.45) is 0 Å². The molecular weight excluding hydrogens is 147 g/mol. The Balaban J connectivity index is 2.45. The zero-order chi connectivity index (χ0) is 8.43. The summed E-state index contributed by atoms with van der Waals surface area (Å²) in [7, 11) is 6.79. The molecule has 4 nitrogen and oxygen atoms in total. The summed E-state index contributed by atoms with van der Waals surface area (Å²) in [5.41, 5.74) is 0. The van der Waals surface area contributed by atoms with E-state index in [1.807, 2.05) is 0 Å². The van der Waals surface area contributed by atoms with Crippen molar-refractivity contribution in [2.45, 2.75) is 24.3 Å². The summed E-state index contributed by atoms with van der Waals surface area (Å²) in [6.07, 6.45) is -2.45. The van der Waals surface area contributed by atoms with E-state index in [-0.39, 0.29) is 6.61 Å². The number of aliphatic hydroxyl groups is 2. The second-order valence-electron chi connectivity index (χ2n) is 2.58. The van der Waals surface area contributed by atoms with Gasteiger partial charge in [-0.2, -0.15) is 0 Å². The summed E-state index contributed by atoms with van der Waals surface area (Å²) in [4.78, 5) is 0. The molecule has 0 aromatic heterocycles. The Hall–Kier alpha value is -0.0951. The minimum atomic E-state index is -1.00. The van der Waals surface area contributed by atoms with E-state index in [2.05, 4.69) is 0 Å². The van der Waals surface area contributed by atoms with Crippen molar-refractivity contribution in [1.29, 1.82) is 0 Å². The van der Waals surface area contributed by atoms with E-state index >= 15 is 0 Å². The van der Waals surface area contributed by atoms with Gasteiger partial charge in [-0.15, -0.1) is 0 Å². The molecule has 2 N–H and O–H groups in total. The van der Waals surface area contributed by atoms with E-state index in [0.29, 0.717) is 0 Å². The first-order valence-corrected chi connectivity index (χ1v) is 3.43. The van der Waals surface area contributed by atoms with Crippen molar-refractivity contribution in [3.05, 3.63) is 0 Å². The predicted molar refractivity (Wildman–Crippen MR) is 38.3 cm³/mol. The molecule has 0 bridgehead atoms. The van der Waals surface area contributed by atoms with E-state index in [4.69, 9.17) is 22.4 Å². The van der Waals surface area contributed by atoms with Crippen LogP contribution < -0.4 is 0 Å². The molecule has 1 fully saturated rings. The molecule has 1 rings (SSSR count). The highest BCUT2D eigenvalue weighted by Crippen LogP contribution is 2.18. The lowest BCUT2D eigenvalue weighted by molar-refractivity contribution is -0.0210. The third kappa shape index (κ3) is 1.73. The molecule has 11 heavy (non-hydrogen) atoms. The highest BCUT2D eigenvalue weighted by molar-refractivity contribution is 6.11. The molecule has 0 aromatic carbocycles. The molecule has 62 valence electrons. The molecule has 0 spiro atoms. The standard InChI is InChI=1S/C6H11BO4/c1-10-2-3-4(8)5(9)6(7)11-3/h3-6,8-9H,2H2,1H3/t3-,4+,5?,6-/m1/s1. The Bertz CT molecular complexity index is 132. The fourth-order valence-electron chi connectivity index (χ4n) is 1.08. The quantitative estimate of drug-likeness (QED) is 0.467. The van der Waals surface area contributed by atoms with E-state index in [9.17, 15) is 5.11 Å². The molecule has 1 heterocycles. The van der Waals surface area contributed by atoms with Crippen molar-refractivity contribution in [3.8, 4) is 0 Å². The van der Waals surface area contributed by atoms with Crippen molar-refractivity contribution in [1.82, 2.24) is 0 Å². The van der Waals surface area contributed by atoms with Gasteiger partial charge in [0.05, 0.1) is 12.7 Å². The summed E-state index contributed by atoms with van der Waals surface area (Å²) < 4.78 is 9.72. The monoisotopic (exact) mass is 158 g/mol.